The van der Waals surface area contributed by atoms with Gasteiger partial charge in [-0.1, -0.05) is 18.2 Å². The molecule has 4 rings (SSSR count). The maximum Gasteiger partial charge on any atom is 0.573 e. The van der Waals surface area contributed by atoms with Crippen molar-refractivity contribution >= 4 is 39.6 Å². The highest BCUT2D eigenvalue weighted by atomic mass is 32.2. The van der Waals surface area contributed by atoms with Gasteiger partial charge in [0.2, 0.25) is 10.0 Å². The number of carbonyl (C=O) groups is 2. The van der Waals surface area contributed by atoms with Crippen molar-refractivity contribution in [2.24, 2.45) is 10.7 Å². The van der Waals surface area contributed by atoms with Gasteiger partial charge in [0.25, 0.3) is 5.91 Å². The van der Waals surface area contributed by atoms with Gasteiger partial charge in [0, 0.05) is 29.7 Å². The molecule has 0 aromatic heterocycles. The van der Waals surface area contributed by atoms with E-state index in [4.69, 9.17) is 11.0 Å². The number of anilines is 1. The first kappa shape index (κ1) is 29.6. The van der Waals surface area contributed by atoms with Crippen LogP contribution in [0.15, 0.2) is 52.9 Å². The topological polar surface area (TPSA) is 158 Å². The minimum absolute atomic E-state index is 0.00620. The van der Waals surface area contributed by atoms with Crippen LogP contribution in [0.4, 0.5) is 23.7 Å². The first-order valence-corrected chi connectivity index (χ1v) is 13.7. The fraction of sp³-hybridized carbons (Fsp3) is 0.308. The van der Waals surface area contributed by atoms with E-state index in [-0.39, 0.29) is 43.9 Å². The second-order valence-electron chi connectivity index (χ2n) is 9.39. The normalized spacial score (nSPS) is 17.2. The molecule has 2 aliphatic heterocycles. The first-order valence-electron chi connectivity index (χ1n) is 12.2. The van der Waals surface area contributed by atoms with Crippen molar-refractivity contribution in [2.45, 2.75) is 31.7 Å². The molecule has 1 saturated heterocycles. The third kappa shape index (κ3) is 6.67. The monoisotopic (exact) mass is 590 g/mol. The van der Waals surface area contributed by atoms with Crippen LogP contribution in [0, 0.1) is 18.3 Å². The van der Waals surface area contributed by atoms with Gasteiger partial charge in [-0.05, 0) is 61.2 Å². The van der Waals surface area contributed by atoms with E-state index < -0.39 is 39.6 Å². The standard InChI is InChI=1S/C26H25F3N6O5S/c1-17-15-20(35(13-10-30)24(31)37)6-5-18(17)7-14-41(38,39)34-11-8-25(9-12-34)23(36)32-22(33-25)19-3-2-4-21(16-19)40-26(27,28)29/h2-7,14-16H,8-9,11-13H2,1H3,(H2,31,37)(H,32,33,36). The number of alkyl halides is 3. The molecule has 216 valence electrons. The number of sulfonamides is 1. The highest BCUT2D eigenvalue weighted by molar-refractivity contribution is 7.92. The zero-order chi connectivity index (χ0) is 30.0. The SMILES string of the molecule is Cc1cc(N(CC#N)C(N)=O)ccc1C=CS(=O)(=O)N1CCC2(CC1)N=C(c1cccc(OC(F)(F)F)c1)NC2=O. The smallest absolute Gasteiger partial charge is 0.406 e. The summed E-state index contributed by atoms with van der Waals surface area (Å²) in [5, 5.41) is 12.6. The quantitative estimate of drug-likeness (QED) is 0.472. The van der Waals surface area contributed by atoms with Crippen LogP contribution in [0.1, 0.15) is 29.5 Å². The Morgan fingerprint density at radius 3 is 2.59 bits per heavy atom. The van der Waals surface area contributed by atoms with E-state index in [0.717, 1.165) is 22.4 Å². The lowest BCUT2D eigenvalue weighted by molar-refractivity contribution is -0.274. The summed E-state index contributed by atoms with van der Waals surface area (Å²) in [5.41, 5.74) is 5.90. The average molecular weight is 591 g/mol. The van der Waals surface area contributed by atoms with Gasteiger partial charge in [-0.15, -0.1) is 13.2 Å². The molecule has 0 aliphatic carbocycles. The largest absolute Gasteiger partial charge is 0.573 e. The molecule has 2 heterocycles. The summed E-state index contributed by atoms with van der Waals surface area (Å²) in [6, 6.07) is 10.9. The summed E-state index contributed by atoms with van der Waals surface area (Å²) in [4.78, 5) is 30.0. The number of nitrogens with one attached hydrogen (secondary N) is 1. The molecule has 41 heavy (non-hydrogen) atoms. The summed E-state index contributed by atoms with van der Waals surface area (Å²) in [5.74, 6) is -0.834. The summed E-state index contributed by atoms with van der Waals surface area (Å²) in [6.07, 6.45) is -3.32. The maximum absolute atomic E-state index is 13.0. The van der Waals surface area contributed by atoms with Gasteiger partial charge < -0.3 is 15.8 Å². The number of nitriles is 1. The Balaban J connectivity index is 1.45. The summed E-state index contributed by atoms with van der Waals surface area (Å²) < 4.78 is 69.0. The molecule has 0 bridgehead atoms. The van der Waals surface area contributed by atoms with E-state index in [9.17, 15) is 31.2 Å². The number of ether oxygens (including phenoxy) is 1. The number of urea groups is 1. The predicted molar refractivity (Wildman–Crippen MR) is 143 cm³/mol. The number of rotatable bonds is 7. The highest BCUT2D eigenvalue weighted by Gasteiger charge is 2.47. The van der Waals surface area contributed by atoms with Gasteiger partial charge in [0.05, 0.1) is 6.07 Å². The number of aryl methyl sites for hydroxylation is 1. The number of nitrogens with two attached hydrogens (primary N) is 1. The zero-order valence-electron chi connectivity index (χ0n) is 21.7. The molecule has 11 nitrogen and oxygen atoms in total. The van der Waals surface area contributed by atoms with Crippen LogP contribution in [0.3, 0.4) is 0 Å². The number of amides is 3. The van der Waals surface area contributed by atoms with Crippen molar-refractivity contribution in [1.29, 1.82) is 5.26 Å². The van der Waals surface area contributed by atoms with Crippen LogP contribution in [0.25, 0.3) is 6.08 Å². The number of primary amides is 1. The second kappa shape index (κ2) is 11.2. The minimum atomic E-state index is -4.88. The van der Waals surface area contributed by atoms with Gasteiger partial charge in [-0.2, -0.15) is 9.57 Å². The van der Waals surface area contributed by atoms with Gasteiger partial charge >= 0.3 is 12.4 Å². The Labute approximate surface area is 233 Å². The molecule has 0 atom stereocenters. The van der Waals surface area contributed by atoms with Crippen molar-refractivity contribution in [1.82, 2.24) is 9.62 Å². The summed E-state index contributed by atoms with van der Waals surface area (Å²) in [6.45, 7) is 1.46. The number of benzene rings is 2. The van der Waals surface area contributed by atoms with Gasteiger partial charge in [-0.25, -0.2) is 13.2 Å². The van der Waals surface area contributed by atoms with Crippen molar-refractivity contribution in [3.05, 3.63) is 64.6 Å². The molecule has 2 aliphatic rings. The molecular weight excluding hydrogens is 565 g/mol. The number of halogens is 3. The molecular formula is C26H25F3N6O5S. The van der Waals surface area contributed by atoms with Crippen LogP contribution in [0.5, 0.6) is 5.75 Å². The van der Waals surface area contributed by atoms with Crippen molar-refractivity contribution in [3.63, 3.8) is 0 Å². The molecule has 2 aromatic carbocycles. The molecule has 1 spiro atoms. The molecule has 3 N–H and O–H groups in total. The molecule has 0 radical (unpaired) electrons. The van der Waals surface area contributed by atoms with Gasteiger partial charge in [0.15, 0.2) is 0 Å². The zero-order valence-corrected chi connectivity index (χ0v) is 22.5. The Morgan fingerprint density at radius 1 is 1.27 bits per heavy atom. The average Bonchev–Trinajstić information content (AvgIpc) is 3.21. The summed E-state index contributed by atoms with van der Waals surface area (Å²) >= 11 is 0. The number of aliphatic imine (C=N–C) groups is 1. The third-order valence-electron chi connectivity index (χ3n) is 6.71. The molecule has 2 aromatic rings. The van der Waals surface area contributed by atoms with E-state index in [1.807, 2.05) is 6.07 Å². The van der Waals surface area contributed by atoms with Crippen LogP contribution in [-0.2, 0) is 14.8 Å². The number of nitrogens with zero attached hydrogens (tertiary/aromatic N) is 4. The summed E-state index contributed by atoms with van der Waals surface area (Å²) in [7, 11) is -3.88. The molecule has 0 saturated carbocycles. The van der Waals surface area contributed by atoms with Gasteiger partial charge in [-0.3, -0.25) is 14.7 Å². The highest BCUT2D eigenvalue weighted by Crippen LogP contribution is 2.33. The third-order valence-corrected chi connectivity index (χ3v) is 8.28. The fourth-order valence-corrected chi connectivity index (χ4v) is 5.75. The number of carbonyl (C=O) groups excluding carboxylic acids is 2. The minimum Gasteiger partial charge on any atom is -0.406 e. The van der Waals surface area contributed by atoms with Crippen molar-refractivity contribution in [2.75, 3.05) is 24.5 Å². The van der Waals surface area contributed by atoms with E-state index in [0.29, 0.717) is 16.8 Å². The lowest BCUT2D eigenvalue weighted by Crippen LogP contribution is -2.50. The maximum atomic E-state index is 13.0. The molecule has 15 heteroatoms. The fourth-order valence-electron chi connectivity index (χ4n) is 4.57. The van der Waals surface area contributed by atoms with Crippen LogP contribution < -0.4 is 20.7 Å². The second-order valence-corrected chi connectivity index (χ2v) is 11.2. The van der Waals surface area contributed by atoms with Crippen LogP contribution >= 0.6 is 0 Å². The van der Waals surface area contributed by atoms with Crippen LogP contribution in [0.2, 0.25) is 0 Å². The van der Waals surface area contributed by atoms with Crippen molar-refractivity contribution in [3.8, 4) is 11.8 Å². The van der Waals surface area contributed by atoms with E-state index >= 15 is 0 Å². The number of hydrogen-bond donors (Lipinski definition) is 2. The van der Waals surface area contributed by atoms with E-state index in [2.05, 4.69) is 15.0 Å². The number of amidine groups is 1. The Morgan fingerprint density at radius 2 is 1.98 bits per heavy atom. The lowest BCUT2D eigenvalue weighted by Gasteiger charge is -2.34. The predicted octanol–water partition coefficient (Wildman–Crippen LogP) is 3.01. The van der Waals surface area contributed by atoms with Gasteiger partial charge in [0.1, 0.15) is 23.7 Å². The molecule has 1 fully saturated rings. The first-order chi connectivity index (χ1) is 19.2. The molecule has 0 unspecified atom stereocenters. The lowest BCUT2D eigenvalue weighted by atomic mass is 9.89. The Kier molecular flexibility index (Phi) is 8.09. The van der Waals surface area contributed by atoms with E-state index in [1.54, 1.807) is 25.1 Å². The Bertz CT molecular complexity index is 1570. The van der Waals surface area contributed by atoms with Crippen molar-refractivity contribution < 1.29 is 35.9 Å². The van der Waals surface area contributed by atoms with E-state index in [1.165, 1.54) is 22.5 Å². The van der Waals surface area contributed by atoms with Crippen LogP contribution in [-0.4, -0.2) is 62.0 Å². The number of hydrogen-bond acceptors (Lipinski definition) is 7. The Hall–Kier alpha value is -4.42. The molecule has 3 amide bonds. The number of piperidine rings is 1.